The molecule has 38 heavy (non-hydrogen) atoms. The molecule has 3 aromatic carbocycles. The lowest BCUT2D eigenvalue weighted by Crippen LogP contribution is -2.26. The molecule has 0 aromatic heterocycles. The number of rotatable bonds is 9. The van der Waals surface area contributed by atoms with Crippen LogP contribution in [0.3, 0.4) is 0 Å². The van der Waals surface area contributed by atoms with Crippen molar-refractivity contribution in [3.8, 4) is 11.5 Å². The van der Waals surface area contributed by atoms with Crippen LogP contribution in [0.25, 0.3) is 6.08 Å². The fourth-order valence-electron chi connectivity index (χ4n) is 3.52. The van der Waals surface area contributed by atoms with Gasteiger partial charge in [-0.15, -0.1) is 0 Å². The molecule has 0 atom stereocenters. The van der Waals surface area contributed by atoms with E-state index in [4.69, 9.17) is 26.8 Å². The third-order valence-corrected chi connectivity index (χ3v) is 7.79. The maximum absolute atomic E-state index is 12.6. The van der Waals surface area contributed by atoms with Crippen LogP contribution in [0.1, 0.15) is 11.1 Å². The van der Waals surface area contributed by atoms with Crippen molar-refractivity contribution in [1.82, 2.24) is 4.90 Å². The van der Waals surface area contributed by atoms with Gasteiger partial charge >= 0.3 is 0 Å². The van der Waals surface area contributed by atoms with E-state index < -0.39 is 15.9 Å². The maximum atomic E-state index is 12.6. The summed E-state index contributed by atoms with van der Waals surface area (Å²) in [4.78, 5) is 27.5. The van der Waals surface area contributed by atoms with Gasteiger partial charge in [-0.05, 0) is 65.4 Å². The van der Waals surface area contributed by atoms with E-state index in [9.17, 15) is 18.0 Å². The van der Waals surface area contributed by atoms with Crippen molar-refractivity contribution in [1.29, 1.82) is 0 Å². The summed E-state index contributed by atoms with van der Waals surface area (Å²) in [6, 6.07) is 20.2. The first kappa shape index (κ1) is 27.3. The minimum atomic E-state index is -3.82. The second-order valence-electron chi connectivity index (χ2n) is 8.07. The van der Waals surface area contributed by atoms with Crippen LogP contribution in [0, 0.1) is 0 Å². The highest BCUT2D eigenvalue weighted by molar-refractivity contribution is 8.19. The lowest BCUT2D eigenvalue weighted by atomic mass is 10.1. The summed E-state index contributed by atoms with van der Waals surface area (Å²) in [5.41, 5.74) is 2.12. The molecule has 12 heteroatoms. The number of carbonyl (C=O) groups is 2. The molecule has 0 radical (unpaired) electrons. The number of methoxy groups -OCH3 is 1. The molecule has 3 N–H and O–H groups in total. The molecular weight excluding hydrogens is 547 g/mol. The SMILES string of the molecule is COc1cc(/C=C2/SC(=O)N(Cc3ccccc3)C2=S)ccc1OCC(=O)Nc1ccc(S(N)(=O)=O)cc1. The number of nitrogens with one attached hydrogen (secondary N) is 1. The smallest absolute Gasteiger partial charge is 0.291 e. The Morgan fingerprint density at radius 3 is 2.45 bits per heavy atom. The molecule has 1 heterocycles. The van der Waals surface area contributed by atoms with Gasteiger partial charge in [0, 0.05) is 5.69 Å². The minimum Gasteiger partial charge on any atom is -0.493 e. The molecule has 0 saturated carbocycles. The van der Waals surface area contributed by atoms with Crippen molar-refractivity contribution in [2.24, 2.45) is 5.14 Å². The highest BCUT2D eigenvalue weighted by Crippen LogP contribution is 2.36. The topological polar surface area (TPSA) is 128 Å². The van der Waals surface area contributed by atoms with Crippen LogP contribution in [0.4, 0.5) is 10.5 Å². The number of carbonyl (C=O) groups excluding carboxylic acids is 2. The number of amides is 2. The predicted octanol–water partition coefficient (Wildman–Crippen LogP) is 4.40. The van der Waals surface area contributed by atoms with E-state index >= 15 is 0 Å². The summed E-state index contributed by atoms with van der Waals surface area (Å²) in [7, 11) is -2.34. The van der Waals surface area contributed by atoms with Crippen LogP contribution < -0.4 is 19.9 Å². The van der Waals surface area contributed by atoms with Gasteiger partial charge in [0.1, 0.15) is 4.99 Å². The van der Waals surface area contributed by atoms with Crippen LogP contribution in [0.15, 0.2) is 82.6 Å². The van der Waals surface area contributed by atoms with Gasteiger partial charge in [0.2, 0.25) is 10.0 Å². The van der Waals surface area contributed by atoms with Gasteiger partial charge in [-0.2, -0.15) is 0 Å². The number of benzene rings is 3. The van der Waals surface area contributed by atoms with Gasteiger partial charge in [-0.1, -0.05) is 48.6 Å². The molecule has 1 aliphatic heterocycles. The van der Waals surface area contributed by atoms with Gasteiger partial charge in [0.25, 0.3) is 11.1 Å². The number of primary sulfonamides is 1. The Morgan fingerprint density at radius 2 is 1.79 bits per heavy atom. The van der Waals surface area contributed by atoms with E-state index in [1.807, 2.05) is 30.3 Å². The van der Waals surface area contributed by atoms with Crippen molar-refractivity contribution >= 4 is 61.9 Å². The van der Waals surface area contributed by atoms with Crippen LogP contribution in [0.2, 0.25) is 0 Å². The number of sulfonamides is 1. The third kappa shape index (κ3) is 6.78. The molecule has 1 saturated heterocycles. The van der Waals surface area contributed by atoms with Crippen molar-refractivity contribution in [2.45, 2.75) is 11.4 Å². The first-order chi connectivity index (χ1) is 18.1. The van der Waals surface area contributed by atoms with E-state index in [1.54, 1.807) is 29.2 Å². The third-order valence-electron chi connectivity index (χ3n) is 5.37. The maximum Gasteiger partial charge on any atom is 0.291 e. The zero-order valence-electron chi connectivity index (χ0n) is 20.1. The van der Waals surface area contributed by atoms with E-state index in [0.717, 1.165) is 22.9 Å². The summed E-state index contributed by atoms with van der Waals surface area (Å²) >= 11 is 6.63. The number of thiocarbonyl (C=S) groups is 1. The van der Waals surface area contributed by atoms with Gasteiger partial charge in [-0.25, -0.2) is 13.6 Å². The molecule has 1 aliphatic rings. The molecular formula is C26H23N3O6S3. The lowest BCUT2D eigenvalue weighted by molar-refractivity contribution is -0.118. The van der Waals surface area contributed by atoms with E-state index in [-0.39, 0.29) is 16.7 Å². The number of hydrogen-bond acceptors (Lipinski definition) is 8. The average molecular weight is 570 g/mol. The fourth-order valence-corrected chi connectivity index (χ4v) is 5.27. The number of nitrogens with two attached hydrogens (primary N) is 1. The number of hydrogen-bond donors (Lipinski definition) is 2. The largest absolute Gasteiger partial charge is 0.493 e. The summed E-state index contributed by atoms with van der Waals surface area (Å²) in [6.45, 7) is 0.0912. The van der Waals surface area contributed by atoms with Crippen molar-refractivity contribution in [3.63, 3.8) is 0 Å². The zero-order valence-corrected chi connectivity index (χ0v) is 22.6. The van der Waals surface area contributed by atoms with Crippen molar-refractivity contribution < 1.29 is 27.5 Å². The molecule has 3 aromatic rings. The summed E-state index contributed by atoms with van der Waals surface area (Å²) in [5, 5.41) is 7.55. The fraction of sp³-hybridized carbons (Fsp3) is 0.115. The molecule has 0 aliphatic carbocycles. The number of anilines is 1. The normalized spacial score (nSPS) is 14.6. The monoisotopic (exact) mass is 569 g/mol. The number of thioether (sulfide) groups is 1. The van der Waals surface area contributed by atoms with Crippen LogP contribution in [0.5, 0.6) is 11.5 Å². The molecule has 196 valence electrons. The number of nitrogens with zero attached hydrogens (tertiary/aromatic N) is 1. The highest BCUT2D eigenvalue weighted by Gasteiger charge is 2.31. The van der Waals surface area contributed by atoms with Gasteiger partial charge in [0.15, 0.2) is 18.1 Å². The first-order valence-corrected chi connectivity index (χ1v) is 13.9. The second kappa shape index (κ2) is 11.8. The minimum absolute atomic E-state index is 0.0587. The molecule has 0 spiro atoms. The van der Waals surface area contributed by atoms with Gasteiger partial charge in [0.05, 0.1) is 23.5 Å². The van der Waals surface area contributed by atoms with Gasteiger partial charge in [-0.3, -0.25) is 14.5 Å². The van der Waals surface area contributed by atoms with E-state index in [0.29, 0.717) is 33.6 Å². The Labute approximate surface area is 229 Å². The molecule has 0 unspecified atom stereocenters. The van der Waals surface area contributed by atoms with Gasteiger partial charge < -0.3 is 14.8 Å². The first-order valence-electron chi connectivity index (χ1n) is 11.2. The summed E-state index contributed by atoms with van der Waals surface area (Å²) < 4.78 is 33.7. The quantitative estimate of drug-likeness (QED) is 0.287. The predicted molar refractivity (Wildman–Crippen MR) is 150 cm³/mol. The van der Waals surface area contributed by atoms with Crippen molar-refractivity contribution in [2.75, 3.05) is 19.0 Å². The average Bonchev–Trinajstić information content (AvgIpc) is 3.15. The number of ether oxygens (including phenoxy) is 2. The Bertz CT molecular complexity index is 1510. The Kier molecular flexibility index (Phi) is 8.47. The second-order valence-corrected chi connectivity index (χ2v) is 11.0. The Balaban J connectivity index is 1.39. The summed E-state index contributed by atoms with van der Waals surface area (Å²) in [5.74, 6) is 0.287. The molecule has 0 bridgehead atoms. The zero-order chi connectivity index (χ0) is 27.3. The standard InChI is InChI=1S/C26H23N3O6S3/c1-34-22-13-18(14-23-25(36)29(26(31)37-23)15-17-5-3-2-4-6-17)7-12-21(22)35-16-24(30)28-19-8-10-20(11-9-19)38(27,32)33/h2-14H,15-16H2,1H3,(H,28,30)(H2,27,32,33)/b23-14+. The van der Waals surface area contributed by atoms with Crippen LogP contribution >= 0.6 is 24.0 Å². The molecule has 2 amide bonds. The Hall–Kier alpha value is -3.71. The molecule has 1 fully saturated rings. The summed E-state index contributed by atoms with van der Waals surface area (Å²) in [6.07, 6.45) is 1.81. The van der Waals surface area contributed by atoms with E-state index in [1.165, 1.54) is 31.4 Å². The Morgan fingerprint density at radius 1 is 1.08 bits per heavy atom. The molecule has 4 rings (SSSR count). The van der Waals surface area contributed by atoms with Crippen LogP contribution in [-0.4, -0.2) is 43.2 Å². The highest BCUT2D eigenvalue weighted by atomic mass is 32.2. The van der Waals surface area contributed by atoms with Crippen LogP contribution in [-0.2, 0) is 21.4 Å². The molecule has 9 nitrogen and oxygen atoms in total. The van der Waals surface area contributed by atoms with Crippen molar-refractivity contribution in [3.05, 3.63) is 88.8 Å². The van der Waals surface area contributed by atoms with E-state index in [2.05, 4.69) is 5.32 Å². The lowest BCUT2D eigenvalue weighted by Gasteiger charge is -2.14.